The van der Waals surface area contributed by atoms with Crippen LogP contribution in [-0.4, -0.2) is 38.9 Å². The van der Waals surface area contributed by atoms with Crippen LogP contribution in [0.1, 0.15) is 38.2 Å². The van der Waals surface area contributed by atoms with Crippen LogP contribution in [0.2, 0.25) is 0 Å². The number of aliphatic hydroxyl groups is 1. The topological polar surface area (TPSA) is 91.7 Å². The Labute approximate surface area is 165 Å². The van der Waals surface area contributed by atoms with Gasteiger partial charge in [-0.25, -0.2) is 4.98 Å². The quantitative estimate of drug-likeness (QED) is 0.568. The molecule has 0 amide bonds. The summed E-state index contributed by atoms with van der Waals surface area (Å²) in [6.45, 7) is 3.28. The Kier molecular flexibility index (Phi) is 5.34. The van der Waals surface area contributed by atoms with Gasteiger partial charge in [0.1, 0.15) is 11.6 Å². The van der Waals surface area contributed by atoms with E-state index in [1.54, 1.807) is 0 Å². The molecule has 148 valence electrons. The van der Waals surface area contributed by atoms with Crippen LogP contribution in [0.25, 0.3) is 5.65 Å². The third-order valence-electron chi connectivity index (χ3n) is 5.48. The molecule has 0 spiro atoms. The molecule has 0 aliphatic carbocycles. The number of piperidine rings is 1. The van der Waals surface area contributed by atoms with Gasteiger partial charge in [0, 0.05) is 42.2 Å². The highest BCUT2D eigenvalue weighted by Gasteiger charge is 2.24. The van der Waals surface area contributed by atoms with E-state index >= 15 is 0 Å². The zero-order chi connectivity index (χ0) is 19.5. The van der Waals surface area contributed by atoms with Crippen molar-refractivity contribution >= 4 is 28.7 Å². The average molecular weight is 380 g/mol. The number of nitrogens with one attached hydrogen (secondary N) is 1. The molecule has 2 aromatic heterocycles. The normalized spacial score (nSPS) is 17.2. The number of hydrogen-bond donors (Lipinski definition) is 3. The van der Waals surface area contributed by atoms with Gasteiger partial charge in [0.2, 0.25) is 0 Å². The first-order chi connectivity index (χ1) is 13.7. The van der Waals surface area contributed by atoms with E-state index < -0.39 is 0 Å². The molecule has 1 saturated heterocycles. The molecule has 4 rings (SSSR count). The lowest BCUT2D eigenvalue weighted by Crippen LogP contribution is -2.40. The second kappa shape index (κ2) is 8.06. The van der Waals surface area contributed by atoms with Gasteiger partial charge in [-0.1, -0.05) is 6.92 Å². The fourth-order valence-electron chi connectivity index (χ4n) is 3.95. The number of benzene rings is 1. The van der Waals surface area contributed by atoms with E-state index in [0.717, 1.165) is 66.4 Å². The van der Waals surface area contributed by atoms with Crippen molar-refractivity contribution < 1.29 is 5.11 Å². The van der Waals surface area contributed by atoms with Gasteiger partial charge in [-0.3, -0.25) is 0 Å². The summed E-state index contributed by atoms with van der Waals surface area (Å²) in [5.74, 6) is 1.82. The monoisotopic (exact) mass is 380 g/mol. The molecule has 4 N–H and O–H groups in total. The lowest BCUT2D eigenvalue weighted by molar-refractivity contribution is 0.262. The maximum absolute atomic E-state index is 9.49. The molecule has 3 aromatic rings. The maximum atomic E-state index is 9.49. The minimum atomic E-state index is 0.201. The number of anilines is 4. The summed E-state index contributed by atoms with van der Waals surface area (Å²) in [6, 6.07) is 10.1. The molecule has 7 heteroatoms. The Balaban J connectivity index is 1.77. The summed E-state index contributed by atoms with van der Waals surface area (Å²) in [5.41, 5.74) is 9.50. The molecule has 0 bridgehead atoms. The Morgan fingerprint density at radius 1 is 1.25 bits per heavy atom. The van der Waals surface area contributed by atoms with Crippen LogP contribution in [0.3, 0.4) is 0 Å². The summed E-state index contributed by atoms with van der Waals surface area (Å²) in [5, 5.41) is 17.5. The van der Waals surface area contributed by atoms with Crippen LogP contribution in [0.15, 0.2) is 36.5 Å². The van der Waals surface area contributed by atoms with Crippen molar-refractivity contribution in [2.24, 2.45) is 0 Å². The molecule has 0 unspecified atom stereocenters. The van der Waals surface area contributed by atoms with Crippen LogP contribution < -0.4 is 16.0 Å². The zero-order valence-corrected chi connectivity index (χ0v) is 16.3. The number of aliphatic hydroxyl groups excluding tert-OH is 1. The Morgan fingerprint density at radius 3 is 2.82 bits per heavy atom. The predicted molar refractivity (Wildman–Crippen MR) is 113 cm³/mol. The van der Waals surface area contributed by atoms with E-state index in [0.29, 0.717) is 6.04 Å². The fourth-order valence-corrected chi connectivity index (χ4v) is 3.95. The van der Waals surface area contributed by atoms with Gasteiger partial charge in [-0.2, -0.15) is 9.61 Å². The van der Waals surface area contributed by atoms with Crippen molar-refractivity contribution in [1.82, 2.24) is 14.6 Å². The highest BCUT2D eigenvalue weighted by molar-refractivity contribution is 5.67. The highest BCUT2D eigenvalue weighted by atomic mass is 16.3. The van der Waals surface area contributed by atoms with Crippen molar-refractivity contribution in [2.45, 2.75) is 45.1 Å². The van der Waals surface area contributed by atoms with Crippen molar-refractivity contribution in [1.29, 1.82) is 0 Å². The molecule has 1 aliphatic heterocycles. The third kappa shape index (κ3) is 3.62. The van der Waals surface area contributed by atoms with Crippen LogP contribution in [0.5, 0.6) is 0 Å². The second-order valence-electron chi connectivity index (χ2n) is 7.36. The molecule has 0 saturated carbocycles. The van der Waals surface area contributed by atoms with Crippen LogP contribution in [0.4, 0.5) is 23.0 Å². The summed E-state index contributed by atoms with van der Waals surface area (Å²) in [4.78, 5) is 7.31. The predicted octanol–water partition coefficient (Wildman–Crippen LogP) is 3.36. The van der Waals surface area contributed by atoms with Gasteiger partial charge >= 0.3 is 0 Å². The largest absolute Gasteiger partial charge is 0.399 e. The molecular weight excluding hydrogens is 352 g/mol. The van der Waals surface area contributed by atoms with Gasteiger partial charge in [-0.05, 0) is 56.4 Å². The van der Waals surface area contributed by atoms with Crippen LogP contribution in [-0.2, 0) is 6.42 Å². The Morgan fingerprint density at radius 2 is 2.07 bits per heavy atom. The first-order valence-corrected chi connectivity index (χ1v) is 10.1. The van der Waals surface area contributed by atoms with Gasteiger partial charge in [0.15, 0.2) is 5.65 Å². The number of nitrogens with zero attached hydrogens (tertiary/aromatic N) is 4. The highest BCUT2D eigenvalue weighted by Crippen LogP contribution is 2.30. The Hall–Kier alpha value is -2.80. The molecule has 1 aliphatic rings. The summed E-state index contributed by atoms with van der Waals surface area (Å²) in [6.07, 6.45) is 6.98. The number of fused-ring (bicyclic) bond motifs is 1. The number of rotatable bonds is 6. The minimum absolute atomic E-state index is 0.201. The van der Waals surface area contributed by atoms with Gasteiger partial charge in [0.25, 0.3) is 0 Å². The van der Waals surface area contributed by atoms with Crippen molar-refractivity contribution in [3.8, 4) is 0 Å². The van der Waals surface area contributed by atoms with Gasteiger partial charge in [0.05, 0.1) is 6.20 Å². The maximum Gasteiger partial charge on any atom is 0.162 e. The molecule has 7 nitrogen and oxygen atoms in total. The van der Waals surface area contributed by atoms with E-state index in [1.165, 1.54) is 6.42 Å². The number of hydrogen-bond acceptors (Lipinski definition) is 6. The molecule has 0 radical (unpaired) electrons. The summed E-state index contributed by atoms with van der Waals surface area (Å²) in [7, 11) is 0. The van der Waals surface area contributed by atoms with Crippen LogP contribution in [0, 0.1) is 0 Å². The van der Waals surface area contributed by atoms with E-state index in [1.807, 2.05) is 35.0 Å². The number of aryl methyl sites for hydroxylation is 1. The minimum Gasteiger partial charge on any atom is -0.399 e. The van der Waals surface area contributed by atoms with E-state index in [2.05, 4.69) is 28.3 Å². The lowest BCUT2D eigenvalue weighted by Gasteiger charge is -2.36. The number of aromatic nitrogens is 3. The molecule has 1 fully saturated rings. The third-order valence-corrected chi connectivity index (χ3v) is 5.48. The standard InChI is InChI=1S/C21H28N6O/c1-2-15-14-23-27-20(24-17-8-6-16(22)7-9-17)13-19(25-21(15)27)26-11-4-3-5-18(26)10-12-28/h6-9,13-14,18,24,28H,2-5,10-12,22H2,1H3/t18-/m0/s1. The van der Waals surface area contributed by atoms with Gasteiger partial charge in [-0.15, -0.1) is 0 Å². The van der Waals surface area contributed by atoms with E-state index in [-0.39, 0.29) is 6.61 Å². The van der Waals surface area contributed by atoms with E-state index in [9.17, 15) is 5.11 Å². The lowest BCUT2D eigenvalue weighted by atomic mass is 9.99. The fraction of sp³-hybridized carbons (Fsp3) is 0.429. The zero-order valence-electron chi connectivity index (χ0n) is 16.3. The first kappa shape index (κ1) is 18.6. The van der Waals surface area contributed by atoms with Crippen molar-refractivity contribution in [2.75, 3.05) is 29.1 Å². The SMILES string of the molecule is CCc1cnn2c(Nc3ccc(N)cc3)cc(N3CCCC[C@H]3CCO)nc12. The van der Waals surface area contributed by atoms with Crippen molar-refractivity contribution in [3.05, 3.63) is 42.1 Å². The average Bonchev–Trinajstić information content (AvgIpc) is 3.14. The number of nitrogens with two attached hydrogens (primary N) is 1. The molecule has 3 heterocycles. The van der Waals surface area contributed by atoms with Crippen LogP contribution >= 0.6 is 0 Å². The first-order valence-electron chi connectivity index (χ1n) is 10.1. The van der Waals surface area contributed by atoms with E-state index in [4.69, 9.17) is 10.7 Å². The second-order valence-corrected chi connectivity index (χ2v) is 7.36. The molecule has 28 heavy (non-hydrogen) atoms. The molecule has 1 atom stereocenters. The smallest absolute Gasteiger partial charge is 0.162 e. The molecular formula is C21H28N6O. The number of nitrogen functional groups attached to an aromatic ring is 1. The van der Waals surface area contributed by atoms with Crippen molar-refractivity contribution in [3.63, 3.8) is 0 Å². The summed E-state index contributed by atoms with van der Waals surface area (Å²) < 4.78 is 1.86. The summed E-state index contributed by atoms with van der Waals surface area (Å²) >= 11 is 0. The Bertz CT molecular complexity index is 934. The van der Waals surface area contributed by atoms with Gasteiger partial charge < -0.3 is 21.1 Å². The molecule has 1 aromatic carbocycles.